The lowest BCUT2D eigenvalue weighted by molar-refractivity contribution is -0.0910. The molecule has 0 aliphatic heterocycles. The lowest BCUT2D eigenvalue weighted by atomic mass is 10.0. The highest BCUT2D eigenvalue weighted by molar-refractivity contribution is 4.73. The van der Waals surface area contributed by atoms with Gasteiger partial charge in [-0.1, -0.05) is 20.3 Å². The molecule has 0 rings (SSSR count). The SMILES string of the molecule is CCCCOCC(C)COC(C)C(C)(C)O. The van der Waals surface area contributed by atoms with E-state index in [-0.39, 0.29) is 6.10 Å². The minimum Gasteiger partial charge on any atom is -0.388 e. The molecule has 0 aliphatic carbocycles. The minimum absolute atomic E-state index is 0.148. The van der Waals surface area contributed by atoms with Crippen LogP contribution in [0, 0.1) is 5.92 Å². The Balaban J connectivity index is 3.53. The van der Waals surface area contributed by atoms with E-state index in [1.54, 1.807) is 13.8 Å². The van der Waals surface area contributed by atoms with E-state index >= 15 is 0 Å². The molecule has 2 atom stereocenters. The summed E-state index contributed by atoms with van der Waals surface area (Å²) in [5.74, 6) is 0.377. The predicted molar refractivity (Wildman–Crippen MR) is 66.6 cm³/mol. The Kier molecular flexibility index (Phi) is 7.98. The summed E-state index contributed by atoms with van der Waals surface area (Å²) in [7, 11) is 0. The van der Waals surface area contributed by atoms with Gasteiger partial charge in [0.25, 0.3) is 0 Å². The summed E-state index contributed by atoms with van der Waals surface area (Å²) in [6.07, 6.45) is 2.14. The molecule has 0 aliphatic rings. The first-order valence-corrected chi connectivity index (χ1v) is 6.29. The molecule has 16 heavy (non-hydrogen) atoms. The molecule has 0 radical (unpaired) electrons. The van der Waals surface area contributed by atoms with Crippen LogP contribution in [0.25, 0.3) is 0 Å². The Hall–Kier alpha value is -0.120. The molecule has 3 heteroatoms. The van der Waals surface area contributed by atoms with Crippen LogP contribution in [-0.4, -0.2) is 36.6 Å². The molecule has 0 saturated heterocycles. The van der Waals surface area contributed by atoms with Crippen molar-refractivity contribution in [2.45, 2.75) is 59.2 Å². The zero-order valence-corrected chi connectivity index (χ0v) is 11.5. The van der Waals surface area contributed by atoms with Gasteiger partial charge < -0.3 is 14.6 Å². The van der Waals surface area contributed by atoms with E-state index in [1.165, 1.54) is 6.42 Å². The summed E-state index contributed by atoms with van der Waals surface area (Å²) >= 11 is 0. The zero-order chi connectivity index (χ0) is 12.6. The van der Waals surface area contributed by atoms with Crippen molar-refractivity contribution in [2.24, 2.45) is 5.92 Å². The summed E-state index contributed by atoms with van der Waals surface area (Å²) in [5, 5.41) is 9.69. The van der Waals surface area contributed by atoms with Gasteiger partial charge in [-0.05, 0) is 27.2 Å². The monoisotopic (exact) mass is 232 g/mol. The predicted octanol–water partition coefficient (Wildman–Crippen LogP) is 2.62. The number of hydrogen-bond acceptors (Lipinski definition) is 3. The maximum atomic E-state index is 9.69. The summed E-state index contributed by atoms with van der Waals surface area (Å²) < 4.78 is 11.1. The van der Waals surface area contributed by atoms with Crippen molar-refractivity contribution in [3.05, 3.63) is 0 Å². The van der Waals surface area contributed by atoms with Gasteiger partial charge in [-0.25, -0.2) is 0 Å². The second kappa shape index (κ2) is 8.04. The molecular formula is C13H28O3. The Morgan fingerprint density at radius 3 is 2.31 bits per heavy atom. The molecule has 0 bridgehead atoms. The van der Waals surface area contributed by atoms with Gasteiger partial charge in [-0.15, -0.1) is 0 Å². The third-order valence-electron chi connectivity index (χ3n) is 2.67. The van der Waals surface area contributed by atoms with Crippen LogP contribution in [0.2, 0.25) is 0 Å². The summed E-state index contributed by atoms with van der Waals surface area (Å²) in [4.78, 5) is 0. The van der Waals surface area contributed by atoms with Crippen LogP contribution in [0.3, 0.4) is 0 Å². The molecule has 0 amide bonds. The van der Waals surface area contributed by atoms with Crippen molar-refractivity contribution in [3.63, 3.8) is 0 Å². The lowest BCUT2D eigenvalue weighted by Crippen LogP contribution is -2.36. The Morgan fingerprint density at radius 1 is 1.19 bits per heavy atom. The summed E-state index contributed by atoms with van der Waals surface area (Å²) in [6.45, 7) is 11.9. The lowest BCUT2D eigenvalue weighted by Gasteiger charge is -2.27. The van der Waals surface area contributed by atoms with Crippen molar-refractivity contribution in [1.82, 2.24) is 0 Å². The van der Waals surface area contributed by atoms with Gasteiger partial charge in [0, 0.05) is 12.5 Å². The van der Waals surface area contributed by atoms with Gasteiger partial charge in [0.05, 0.1) is 24.9 Å². The van der Waals surface area contributed by atoms with Crippen LogP contribution in [0.15, 0.2) is 0 Å². The fourth-order valence-electron chi connectivity index (χ4n) is 1.09. The Morgan fingerprint density at radius 2 is 1.81 bits per heavy atom. The zero-order valence-electron chi connectivity index (χ0n) is 11.5. The van der Waals surface area contributed by atoms with Crippen molar-refractivity contribution in [3.8, 4) is 0 Å². The normalized spacial score (nSPS) is 16.1. The molecule has 1 N–H and O–H groups in total. The molecule has 0 saturated carbocycles. The fourth-order valence-corrected chi connectivity index (χ4v) is 1.09. The molecule has 0 spiro atoms. The first kappa shape index (κ1) is 15.9. The van der Waals surface area contributed by atoms with Crippen molar-refractivity contribution in [2.75, 3.05) is 19.8 Å². The van der Waals surface area contributed by atoms with Gasteiger partial charge in [0.2, 0.25) is 0 Å². The fraction of sp³-hybridized carbons (Fsp3) is 1.00. The largest absolute Gasteiger partial charge is 0.388 e. The average Bonchev–Trinajstić information content (AvgIpc) is 2.19. The third-order valence-corrected chi connectivity index (χ3v) is 2.67. The summed E-state index contributed by atoms with van der Waals surface area (Å²) in [5.41, 5.74) is -0.775. The van der Waals surface area contributed by atoms with Gasteiger partial charge in [0.1, 0.15) is 0 Å². The first-order valence-electron chi connectivity index (χ1n) is 6.29. The van der Waals surface area contributed by atoms with Crippen LogP contribution >= 0.6 is 0 Å². The molecule has 0 aromatic heterocycles. The second-order valence-electron chi connectivity index (χ2n) is 5.16. The molecular weight excluding hydrogens is 204 g/mol. The van der Waals surface area contributed by atoms with Gasteiger partial charge in [-0.2, -0.15) is 0 Å². The summed E-state index contributed by atoms with van der Waals surface area (Å²) in [6, 6.07) is 0. The number of unbranched alkanes of at least 4 members (excludes halogenated alkanes) is 1. The molecule has 3 nitrogen and oxygen atoms in total. The standard InChI is InChI=1S/C13H28O3/c1-6-7-8-15-9-11(2)10-16-12(3)13(4,5)14/h11-12,14H,6-10H2,1-5H3. The molecule has 2 unspecified atom stereocenters. The van der Waals surface area contributed by atoms with Gasteiger partial charge >= 0.3 is 0 Å². The maximum Gasteiger partial charge on any atom is 0.0849 e. The quantitative estimate of drug-likeness (QED) is 0.621. The smallest absolute Gasteiger partial charge is 0.0849 e. The molecule has 0 heterocycles. The van der Waals surface area contributed by atoms with Crippen LogP contribution < -0.4 is 0 Å². The van der Waals surface area contributed by atoms with Crippen LogP contribution in [0.4, 0.5) is 0 Å². The topological polar surface area (TPSA) is 38.7 Å². The van der Waals surface area contributed by atoms with Gasteiger partial charge in [-0.3, -0.25) is 0 Å². The van der Waals surface area contributed by atoms with Crippen LogP contribution in [0.1, 0.15) is 47.5 Å². The highest BCUT2D eigenvalue weighted by Crippen LogP contribution is 2.13. The van der Waals surface area contributed by atoms with E-state index in [4.69, 9.17) is 9.47 Å². The van der Waals surface area contributed by atoms with Crippen LogP contribution in [0.5, 0.6) is 0 Å². The van der Waals surface area contributed by atoms with Crippen LogP contribution in [-0.2, 0) is 9.47 Å². The van der Waals surface area contributed by atoms with E-state index in [2.05, 4.69) is 13.8 Å². The Bertz CT molecular complexity index is 163. The minimum atomic E-state index is -0.775. The molecule has 0 aromatic carbocycles. The third kappa shape index (κ3) is 8.08. The highest BCUT2D eigenvalue weighted by Gasteiger charge is 2.23. The maximum absolute atomic E-state index is 9.69. The highest BCUT2D eigenvalue weighted by atomic mass is 16.5. The number of hydrogen-bond donors (Lipinski definition) is 1. The van der Waals surface area contributed by atoms with Crippen molar-refractivity contribution < 1.29 is 14.6 Å². The van der Waals surface area contributed by atoms with E-state index in [1.807, 2.05) is 6.92 Å². The number of ether oxygens (including phenoxy) is 2. The number of rotatable bonds is 9. The second-order valence-corrected chi connectivity index (χ2v) is 5.16. The van der Waals surface area contributed by atoms with Crippen molar-refractivity contribution in [1.29, 1.82) is 0 Å². The van der Waals surface area contributed by atoms with Gasteiger partial charge in [0.15, 0.2) is 0 Å². The number of aliphatic hydroxyl groups is 1. The average molecular weight is 232 g/mol. The van der Waals surface area contributed by atoms with E-state index in [0.29, 0.717) is 12.5 Å². The first-order chi connectivity index (χ1) is 7.38. The molecule has 98 valence electrons. The van der Waals surface area contributed by atoms with E-state index in [9.17, 15) is 5.11 Å². The van der Waals surface area contributed by atoms with E-state index in [0.717, 1.165) is 19.6 Å². The Labute approximate surface area is 100 Å². The molecule has 0 aromatic rings. The van der Waals surface area contributed by atoms with Crippen molar-refractivity contribution >= 4 is 0 Å². The molecule has 0 fully saturated rings. The van der Waals surface area contributed by atoms with E-state index < -0.39 is 5.60 Å².